The smallest absolute Gasteiger partial charge is 0.333 e. The Bertz CT molecular complexity index is 448. The molecule has 104 valence electrons. The van der Waals surface area contributed by atoms with Crippen LogP contribution in [-0.2, 0) is 23.9 Å². The first-order chi connectivity index (χ1) is 8.84. The van der Waals surface area contributed by atoms with Crippen molar-refractivity contribution < 1.29 is 23.9 Å². The van der Waals surface area contributed by atoms with Crippen LogP contribution in [0.5, 0.6) is 0 Å². The van der Waals surface area contributed by atoms with E-state index in [9.17, 15) is 14.4 Å². The molecule has 2 N–H and O–H groups in total. The molecular weight excluding hydrogens is 272 g/mol. The molecular formula is C11H14N2O5S. The minimum Gasteiger partial charge on any atom is -0.460 e. The van der Waals surface area contributed by atoms with Gasteiger partial charge in [-0.2, -0.15) is 0 Å². The van der Waals surface area contributed by atoms with E-state index >= 15 is 0 Å². The lowest BCUT2D eigenvalue weighted by Gasteiger charge is -2.12. The summed E-state index contributed by atoms with van der Waals surface area (Å²) in [5.74, 6) is -1.63. The molecule has 0 bridgehead atoms. The number of carbonyl (C=O) groups excluding carboxylic acids is 3. The number of nitrogens with two attached hydrogens (primary N) is 1. The zero-order valence-corrected chi connectivity index (χ0v) is 11.2. The monoisotopic (exact) mass is 286 g/mol. The van der Waals surface area contributed by atoms with Crippen LogP contribution < -0.4 is 5.73 Å². The number of rotatable bonds is 5. The van der Waals surface area contributed by atoms with E-state index in [1.807, 2.05) is 0 Å². The highest BCUT2D eigenvalue weighted by Gasteiger charge is 2.40. The summed E-state index contributed by atoms with van der Waals surface area (Å²) in [6.45, 7) is 4.89. The maximum absolute atomic E-state index is 11.7. The van der Waals surface area contributed by atoms with Gasteiger partial charge in [-0.3, -0.25) is 9.59 Å². The summed E-state index contributed by atoms with van der Waals surface area (Å²) >= 11 is 4.59. The summed E-state index contributed by atoms with van der Waals surface area (Å²) in [6, 6.07) is 0. The largest absolute Gasteiger partial charge is 0.460 e. The van der Waals surface area contributed by atoms with Crippen LogP contribution in [0.2, 0.25) is 0 Å². The number of carbonyl (C=O) groups is 3. The molecule has 0 aliphatic carbocycles. The third-order valence-electron chi connectivity index (χ3n) is 2.31. The molecule has 1 aliphatic rings. The highest BCUT2D eigenvalue weighted by Crippen LogP contribution is 2.15. The SMILES string of the molecule is C=C(C)C(=O)OCCOC1CC(=O)N(C(N)=S)C1=O. The Morgan fingerprint density at radius 1 is 1.53 bits per heavy atom. The van der Waals surface area contributed by atoms with Crippen LogP contribution in [0, 0.1) is 0 Å². The molecule has 1 saturated heterocycles. The van der Waals surface area contributed by atoms with Crippen LogP contribution in [-0.4, -0.2) is 47.1 Å². The quantitative estimate of drug-likeness (QED) is 0.239. The van der Waals surface area contributed by atoms with Crippen molar-refractivity contribution >= 4 is 35.1 Å². The van der Waals surface area contributed by atoms with Gasteiger partial charge in [0.1, 0.15) is 12.7 Å². The standard InChI is InChI=1S/C11H14N2O5S/c1-6(2)10(16)18-4-3-17-7-5-8(14)13(9(7)15)11(12)19/h7H,1,3-5H2,2H3,(H2,12,19). The molecule has 8 heteroatoms. The maximum Gasteiger partial charge on any atom is 0.333 e. The predicted molar refractivity (Wildman–Crippen MR) is 68.8 cm³/mol. The van der Waals surface area contributed by atoms with Crippen molar-refractivity contribution in [3.8, 4) is 0 Å². The van der Waals surface area contributed by atoms with Gasteiger partial charge in [-0.1, -0.05) is 6.58 Å². The van der Waals surface area contributed by atoms with E-state index < -0.39 is 23.9 Å². The second kappa shape index (κ2) is 6.39. The van der Waals surface area contributed by atoms with Crippen molar-refractivity contribution in [2.24, 2.45) is 5.73 Å². The second-order valence-electron chi connectivity index (χ2n) is 3.89. The molecule has 0 aromatic heterocycles. The molecule has 1 rings (SSSR count). The highest BCUT2D eigenvalue weighted by atomic mass is 32.1. The normalized spacial score (nSPS) is 18.6. The van der Waals surface area contributed by atoms with Crippen LogP contribution in [0.15, 0.2) is 12.2 Å². The van der Waals surface area contributed by atoms with Crippen LogP contribution in [0.1, 0.15) is 13.3 Å². The number of nitrogens with zero attached hydrogens (tertiary/aromatic N) is 1. The second-order valence-corrected chi connectivity index (χ2v) is 4.30. The molecule has 0 spiro atoms. The zero-order chi connectivity index (χ0) is 14.6. The zero-order valence-electron chi connectivity index (χ0n) is 10.4. The molecule has 19 heavy (non-hydrogen) atoms. The van der Waals surface area contributed by atoms with E-state index in [4.69, 9.17) is 15.2 Å². The van der Waals surface area contributed by atoms with Gasteiger partial charge < -0.3 is 15.2 Å². The Morgan fingerprint density at radius 2 is 2.16 bits per heavy atom. The van der Waals surface area contributed by atoms with Gasteiger partial charge >= 0.3 is 5.97 Å². The lowest BCUT2D eigenvalue weighted by molar-refractivity contribution is -0.142. The lowest BCUT2D eigenvalue weighted by atomic mass is 10.3. The van der Waals surface area contributed by atoms with E-state index in [2.05, 4.69) is 18.8 Å². The number of amides is 2. The summed E-state index contributed by atoms with van der Waals surface area (Å²) in [6.07, 6.45) is -1.05. The van der Waals surface area contributed by atoms with Crippen molar-refractivity contribution in [3.05, 3.63) is 12.2 Å². The number of hydrogen-bond donors (Lipinski definition) is 1. The molecule has 2 amide bonds. The van der Waals surface area contributed by atoms with Gasteiger partial charge in [0, 0.05) is 5.57 Å². The van der Waals surface area contributed by atoms with Gasteiger partial charge in [0.05, 0.1) is 13.0 Å². The number of esters is 1. The van der Waals surface area contributed by atoms with E-state index in [0.717, 1.165) is 0 Å². The van der Waals surface area contributed by atoms with Crippen molar-refractivity contribution in [2.75, 3.05) is 13.2 Å². The molecule has 0 aromatic carbocycles. The third-order valence-corrected chi connectivity index (χ3v) is 2.49. The highest BCUT2D eigenvalue weighted by molar-refractivity contribution is 7.80. The molecule has 0 radical (unpaired) electrons. The van der Waals surface area contributed by atoms with E-state index in [0.29, 0.717) is 4.90 Å². The molecule has 1 atom stereocenters. The van der Waals surface area contributed by atoms with Crippen molar-refractivity contribution in [1.82, 2.24) is 4.90 Å². The Morgan fingerprint density at radius 3 is 2.63 bits per heavy atom. The molecule has 1 fully saturated rings. The summed E-state index contributed by atoms with van der Waals surface area (Å²) in [7, 11) is 0. The fraction of sp³-hybridized carbons (Fsp3) is 0.455. The van der Waals surface area contributed by atoms with Crippen LogP contribution in [0.4, 0.5) is 0 Å². The minimum atomic E-state index is -0.933. The Labute approximate surface area is 115 Å². The molecule has 0 saturated carbocycles. The third kappa shape index (κ3) is 3.83. The molecule has 1 heterocycles. The van der Waals surface area contributed by atoms with Crippen molar-refractivity contribution in [1.29, 1.82) is 0 Å². The van der Waals surface area contributed by atoms with Gasteiger partial charge in [0.15, 0.2) is 5.11 Å². The van der Waals surface area contributed by atoms with Gasteiger partial charge in [-0.25, -0.2) is 9.69 Å². The van der Waals surface area contributed by atoms with Crippen molar-refractivity contribution in [2.45, 2.75) is 19.4 Å². The minimum absolute atomic E-state index is 0.00607. The first-order valence-corrected chi connectivity index (χ1v) is 5.86. The van der Waals surface area contributed by atoms with Crippen LogP contribution >= 0.6 is 12.2 Å². The molecule has 1 aliphatic heterocycles. The molecule has 7 nitrogen and oxygen atoms in total. The lowest BCUT2D eigenvalue weighted by Crippen LogP contribution is -2.41. The average Bonchev–Trinajstić information content (AvgIpc) is 2.59. The van der Waals surface area contributed by atoms with Crippen molar-refractivity contribution in [3.63, 3.8) is 0 Å². The van der Waals surface area contributed by atoms with Crippen LogP contribution in [0.3, 0.4) is 0 Å². The molecule has 1 unspecified atom stereocenters. The average molecular weight is 286 g/mol. The number of imide groups is 1. The summed E-state index contributed by atoms with van der Waals surface area (Å²) < 4.78 is 9.94. The maximum atomic E-state index is 11.7. The number of thiocarbonyl (C=S) groups is 1. The Hall–Kier alpha value is -1.80. The van der Waals surface area contributed by atoms with E-state index in [1.54, 1.807) is 0 Å². The number of hydrogen-bond acceptors (Lipinski definition) is 6. The van der Waals surface area contributed by atoms with E-state index in [1.165, 1.54) is 6.92 Å². The van der Waals surface area contributed by atoms with Gasteiger partial charge in [0.25, 0.3) is 5.91 Å². The fourth-order valence-corrected chi connectivity index (χ4v) is 1.61. The molecule has 0 aromatic rings. The first-order valence-electron chi connectivity index (χ1n) is 5.45. The summed E-state index contributed by atoms with van der Waals surface area (Å²) in [4.78, 5) is 34.9. The first kappa shape index (κ1) is 15.3. The number of likely N-dealkylation sites (tertiary alicyclic amines) is 1. The van der Waals surface area contributed by atoms with Gasteiger partial charge in [0.2, 0.25) is 5.91 Å². The summed E-state index contributed by atoms with van der Waals surface area (Å²) in [5, 5.41) is -0.296. The number of ether oxygens (including phenoxy) is 2. The van der Waals surface area contributed by atoms with Crippen LogP contribution in [0.25, 0.3) is 0 Å². The van der Waals surface area contributed by atoms with Gasteiger partial charge in [-0.15, -0.1) is 0 Å². The van der Waals surface area contributed by atoms with Gasteiger partial charge in [-0.05, 0) is 19.1 Å². The summed E-state index contributed by atoms with van der Waals surface area (Å²) in [5.41, 5.74) is 5.52. The Kier molecular flexibility index (Phi) is 5.13. The fourth-order valence-electron chi connectivity index (χ4n) is 1.41. The predicted octanol–water partition coefficient (Wildman–Crippen LogP) is -0.507. The van der Waals surface area contributed by atoms with E-state index in [-0.39, 0.29) is 30.3 Å². The topological polar surface area (TPSA) is 98.9 Å². The Balaban J connectivity index is 2.37.